The van der Waals surface area contributed by atoms with Gasteiger partial charge in [0.2, 0.25) is 5.75 Å². The molecule has 3 aromatic rings. The maximum Gasteiger partial charge on any atom is 0.200 e. The highest BCUT2D eigenvalue weighted by molar-refractivity contribution is 5.93. The summed E-state index contributed by atoms with van der Waals surface area (Å²) in [7, 11) is 4.63. The van der Waals surface area contributed by atoms with Crippen LogP contribution in [0.1, 0.15) is 46.3 Å². The Bertz CT molecular complexity index is 1410. The SMILES string of the molecule is COc1cc(C2COc3cc4c5c(c3C2O)CCc2c(OC)cc(OCCCO)c(c2-5)CN4)cc(OC)c1O. The molecule has 0 spiro atoms. The predicted octanol–water partition coefficient (Wildman–Crippen LogP) is 4.08. The van der Waals surface area contributed by atoms with Gasteiger partial charge in [-0.3, -0.25) is 0 Å². The smallest absolute Gasteiger partial charge is 0.200 e. The summed E-state index contributed by atoms with van der Waals surface area (Å²) >= 11 is 0. The molecule has 0 radical (unpaired) electrons. The maximum absolute atomic E-state index is 11.8. The van der Waals surface area contributed by atoms with E-state index in [4.69, 9.17) is 23.7 Å². The number of fused-ring (bicyclic) bond motifs is 2. The third-order valence-electron chi connectivity index (χ3n) is 8.03. The van der Waals surface area contributed by atoms with E-state index in [1.165, 1.54) is 14.2 Å². The van der Waals surface area contributed by atoms with Crippen molar-refractivity contribution in [3.05, 3.63) is 52.1 Å². The van der Waals surface area contributed by atoms with Crippen molar-refractivity contribution in [2.45, 2.75) is 37.8 Å². The van der Waals surface area contributed by atoms with Gasteiger partial charge in [-0.1, -0.05) is 0 Å². The molecule has 3 aromatic carbocycles. The maximum atomic E-state index is 11.8. The van der Waals surface area contributed by atoms with Crippen LogP contribution in [0.25, 0.3) is 11.1 Å². The molecule has 0 amide bonds. The second kappa shape index (κ2) is 10.1. The minimum absolute atomic E-state index is 0.0621. The molecule has 2 aliphatic heterocycles. The lowest BCUT2D eigenvalue weighted by atomic mass is 9.74. The number of aliphatic hydroxyl groups is 2. The quantitative estimate of drug-likeness (QED) is 0.317. The summed E-state index contributed by atoms with van der Waals surface area (Å²) in [5.74, 6) is 2.26. The predicted molar refractivity (Wildman–Crippen MR) is 145 cm³/mol. The van der Waals surface area contributed by atoms with E-state index in [9.17, 15) is 15.3 Å². The second-order valence-electron chi connectivity index (χ2n) is 10.0. The minimum Gasteiger partial charge on any atom is -0.502 e. The van der Waals surface area contributed by atoms with Crippen LogP contribution in [0.5, 0.6) is 34.5 Å². The van der Waals surface area contributed by atoms with Crippen molar-refractivity contribution in [1.29, 1.82) is 0 Å². The molecule has 9 nitrogen and oxygen atoms in total. The standard InChI is InChI=1S/C30H33NO8/c1-35-21-12-22(38-8-4-7-32)18-13-31-20-11-23-28(17-6-5-16(21)26(18)27(17)20)29(33)19(14-39-23)15-9-24(36-2)30(34)25(10-15)37-3/h9-12,19,29,31-34H,4-8,13-14H2,1-3H3. The summed E-state index contributed by atoms with van der Waals surface area (Å²) in [5.41, 5.74) is 7.86. The van der Waals surface area contributed by atoms with Crippen LogP contribution in [0.15, 0.2) is 24.3 Å². The first-order valence-electron chi connectivity index (χ1n) is 13.2. The van der Waals surface area contributed by atoms with Crippen molar-refractivity contribution in [3.63, 3.8) is 0 Å². The first-order valence-corrected chi connectivity index (χ1v) is 13.2. The fourth-order valence-electron chi connectivity index (χ4n) is 6.17. The first-order chi connectivity index (χ1) is 19.0. The molecule has 4 N–H and O–H groups in total. The van der Waals surface area contributed by atoms with Crippen molar-refractivity contribution < 1.29 is 39.0 Å². The Labute approximate surface area is 226 Å². The van der Waals surface area contributed by atoms with E-state index in [-0.39, 0.29) is 30.5 Å². The van der Waals surface area contributed by atoms with Gasteiger partial charge in [0.25, 0.3) is 0 Å². The Balaban J connectivity index is 1.48. The number of hydrogen-bond acceptors (Lipinski definition) is 9. The van der Waals surface area contributed by atoms with E-state index in [2.05, 4.69) is 5.32 Å². The first kappa shape index (κ1) is 25.5. The van der Waals surface area contributed by atoms with Gasteiger partial charge in [0, 0.05) is 65.6 Å². The molecule has 2 atom stereocenters. The van der Waals surface area contributed by atoms with Crippen molar-refractivity contribution in [1.82, 2.24) is 0 Å². The molecule has 1 aliphatic carbocycles. The molecule has 9 heteroatoms. The van der Waals surface area contributed by atoms with E-state index in [0.717, 1.165) is 69.0 Å². The van der Waals surface area contributed by atoms with Crippen LogP contribution in [-0.4, -0.2) is 56.5 Å². The van der Waals surface area contributed by atoms with Crippen LogP contribution in [0.2, 0.25) is 0 Å². The van der Waals surface area contributed by atoms with Crippen LogP contribution in [-0.2, 0) is 19.4 Å². The van der Waals surface area contributed by atoms with Crippen LogP contribution in [0.4, 0.5) is 5.69 Å². The minimum atomic E-state index is -0.842. The van der Waals surface area contributed by atoms with Gasteiger partial charge in [-0.15, -0.1) is 0 Å². The number of methoxy groups -OCH3 is 3. The number of nitrogens with one attached hydrogen (secondary N) is 1. The third-order valence-corrected chi connectivity index (χ3v) is 8.03. The zero-order chi connectivity index (χ0) is 27.3. The second-order valence-corrected chi connectivity index (χ2v) is 10.0. The van der Waals surface area contributed by atoms with E-state index in [1.54, 1.807) is 19.2 Å². The molecule has 0 fully saturated rings. The fourth-order valence-corrected chi connectivity index (χ4v) is 6.17. The van der Waals surface area contributed by atoms with Gasteiger partial charge < -0.3 is 44.3 Å². The molecule has 0 bridgehead atoms. The Morgan fingerprint density at radius 2 is 1.62 bits per heavy atom. The molecule has 0 saturated carbocycles. The average Bonchev–Trinajstić information content (AvgIpc) is 2.96. The van der Waals surface area contributed by atoms with Crippen LogP contribution in [0.3, 0.4) is 0 Å². The number of ether oxygens (including phenoxy) is 5. The highest BCUT2D eigenvalue weighted by Crippen LogP contribution is 2.56. The number of hydrogen-bond donors (Lipinski definition) is 4. The Hall–Kier alpha value is -3.82. The molecule has 3 aliphatic rings. The molecule has 206 valence electrons. The van der Waals surface area contributed by atoms with Gasteiger partial charge >= 0.3 is 0 Å². The van der Waals surface area contributed by atoms with Crippen LogP contribution >= 0.6 is 0 Å². The monoisotopic (exact) mass is 535 g/mol. The number of benzene rings is 3. The zero-order valence-corrected chi connectivity index (χ0v) is 22.3. The number of anilines is 1. The van der Waals surface area contributed by atoms with Gasteiger partial charge in [0.05, 0.1) is 40.6 Å². The summed E-state index contributed by atoms with van der Waals surface area (Å²) in [6.45, 7) is 1.32. The van der Waals surface area contributed by atoms with Gasteiger partial charge in [-0.05, 0) is 41.7 Å². The van der Waals surface area contributed by atoms with Gasteiger partial charge in [0.15, 0.2) is 11.5 Å². The fraction of sp³-hybridized carbons (Fsp3) is 0.400. The highest BCUT2D eigenvalue weighted by atomic mass is 16.5. The van der Waals surface area contributed by atoms with Crippen LogP contribution in [0, 0.1) is 0 Å². The lowest BCUT2D eigenvalue weighted by Crippen LogP contribution is -2.28. The molecular formula is C30H33NO8. The summed E-state index contributed by atoms with van der Waals surface area (Å²) in [5, 5.41) is 35.0. The number of aliphatic hydroxyl groups excluding tert-OH is 2. The van der Waals surface area contributed by atoms with Crippen LogP contribution < -0.4 is 29.0 Å². The molecule has 0 aromatic heterocycles. The molecular weight excluding hydrogens is 502 g/mol. The lowest BCUT2D eigenvalue weighted by Gasteiger charge is -2.38. The van der Waals surface area contributed by atoms with Crippen molar-refractivity contribution in [2.75, 3.05) is 46.5 Å². The zero-order valence-electron chi connectivity index (χ0n) is 22.3. The Kier molecular flexibility index (Phi) is 6.56. The largest absolute Gasteiger partial charge is 0.502 e. The Morgan fingerprint density at radius 1 is 0.897 bits per heavy atom. The van der Waals surface area contributed by atoms with E-state index in [1.807, 2.05) is 12.1 Å². The van der Waals surface area contributed by atoms with E-state index >= 15 is 0 Å². The van der Waals surface area contributed by atoms with E-state index in [0.29, 0.717) is 25.3 Å². The number of phenolic OH excluding ortho intramolecular Hbond substituents is 1. The van der Waals surface area contributed by atoms with Crippen molar-refractivity contribution >= 4 is 5.69 Å². The molecule has 6 rings (SSSR count). The topological polar surface area (TPSA) is 119 Å². The summed E-state index contributed by atoms with van der Waals surface area (Å²) < 4.78 is 28.9. The van der Waals surface area contributed by atoms with Crippen molar-refractivity contribution in [3.8, 4) is 45.6 Å². The summed E-state index contributed by atoms with van der Waals surface area (Å²) in [4.78, 5) is 0. The highest BCUT2D eigenvalue weighted by Gasteiger charge is 2.39. The normalized spacial score (nSPS) is 18.3. The lowest BCUT2D eigenvalue weighted by molar-refractivity contribution is 0.0878. The third kappa shape index (κ3) is 3.99. The number of rotatable bonds is 8. The van der Waals surface area contributed by atoms with Gasteiger partial charge in [-0.2, -0.15) is 0 Å². The summed E-state index contributed by atoms with van der Waals surface area (Å²) in [6.07, 6.45) is 1.17. The summed E-state index contributed by atoms with van der Waals surface area (Å²) in [6, 6.07) is 7.37. The van der Waals surface area contributed by atoms with Crippen molar-refractivity contribution in [2.24, 2.45) is 0 Å². The molecule has 39 heavy (non-hydrogen) atoms. The number of aromatic hydroxyl groups is 1. The Morgan fingerprint density at radius 3 is 2.31 bits per heavy atom. The average molecular weight is 536 g/mol. The van der Waals surface area contributed by atoms with Gasteiger partial charge in [0.1, 0.15) is 17.2 Å². The number of phenols is 1. The molecule has 2 heterocycles. The molecule has 2 unspecified atom stereocenters. The van der Waals surface area contributed by atoms with E-state index < -0.39 is 12.0 Å². The molecule has 0 saturated heterocycles. The van der Waals surface area contributed by atoms with Gasteiger partial charge in [-0.25, -0.2) is 0 Å².